The molecule has 0 saturated carbocycles. The highest BCUT2D eigenvalue weighted by Gasteiger charge is 2.34. The highest BCUT2D eigenvalue weighted by Crippen LogP contribution is 2.31. The normalized spacial score (nSPS) is 15.9. The molecule has 0 atom stereocenters. The summed E-state index contributed by atoms with van der Waals surface area (Å²) in [6.45, 7) is 0.181. The van der Waals surface area contributed by atoms with Gasteiger partial charge in [0.15, 0.2) is 5.78 Å². The van der Waals surface area contributed by atoms with Crippen LogP contribution >= 0.6 is 11.3 Å². The van der Waals surface area contributed by atoms with Gasteiger partial charge in [-0.15, -0.1) is 11.3 Å². The summed E-state index contributed by atoms with van der Waals surface area (Å²) in [6, 6.07) is 7.05. The number of benzene rings is 1. The lowest BCUT2D eigenvalue weighted by Gasteiger charge is -2.34. The average molecular weight is 460 g/mol. The molecule has 2 aromatic rings. The van der Waals surface area contributed by atoms with Crippen LogP contribution in [0.4, 0.5) is 13.2 Å². The number of nitrogens with zero attached hydrogens (tertiary/aromatic N) is 2. The van der Waals surface area contributed by atoms with Crippen LogP contribution in [0.1, 0.15) is 28.1 Å². The second-order valence-electron chi connectivity index (χ2n) is 6.71. The fraction of sp³-hybridized carbons (Fsp3) is 0.368. The van der Waals surface area contributed by atoms with Crippen molar-refractivity contribution in [2.75, 3.05) is 26.2 Å². The van der Waals surface area contributed by atoms with E-state index in [1.807, 2.05) is 0 Å². The Kier molecular flexibility index (Phi) is 6.63. The molecule has 1 fully saturated rings. The first kappa shape index (κ1) is 22.4. The molecule has 3 rings (SSSR count). The lowest BCUT2D eigenvalue weighted by Crippen LogP contribution is -2.50. The molecule has 0 N–H and O–H groups in total. The van der Waals surface area contributed by atoms with Gasteiger partial charge >= 0.3 is 6.18 Å². The first-order valence-electron chi connectivity index (χ1n) is 9.11. The van der Waals surface area contributed by atoms with Gasteiger partial charge in [-0.1, -0.05) is 12.1 Å². The Morgan fingerprint density at radius 3 is 2.30 bits per heavy atom. The van der Waals surface area contributed by atoms with E-state index < -0.39 is 26.7 Å². The highest BCUT2D eigenvalue weighted by molar-refractivity contribution is 7.89. The van der Waals surface area contributed by atoms with Gasteiger partial charge in [0.25, 0.3) is 0 Å². The van der Waals surface area contributed by atoms with Crippen molar-refractivity contribution in [2.45, 2.75) is 23.9 Å². The highest BCUT2D eigenvalue weighted by atomic mass is 32.2. The van der Waals surface area contributed by atoms with Gasteiger partial charge in [0.1, 0.15) is 0 Å². The maximum absolute atomic E-state index is 12.9. The molecule has 162 valence electrons. The summed E-state index contributed by atoms with van der Waals surface area (Å²) in [7, 11) is -4.11. The zero-order valence-electron chi connectivity index (χ0n) is 15.8. The van der Waals surface area contributed by atoms with Crippen LogP contribution in [0.2, 0.25) is 0 Å². The minimum absolute atomic E-state index is 0.0246. The van der Waals surface area contributed by atoms with Crippen LogP contribution in [0, 0.1) is 0 Å². The molecule has 0 aliphatic carbocycles. The number of piperazine rings is 1. The van der Waals surface area contributed by atoms with E-state index in [1.54, 1.807) is 17.5 Å². The Morgan fingerprint density at radius 1 is 1.00 bits per heavy atom. The third kappa shape index (κ3) is 5.08. The molecular weight excluding hydrogens is 441 g/mol. The number of carbonyl (C=O) groups excluding carboxylic acids is 2. The number of amides is 1. The van der Waals surface area contributed by atoms with Crippen molar-refractivity contribution < 1.29 is 31.2 Å². The number of alkyl halides is 3. The number of halogens is 3. The van der Waals surface area contributed by atoms with Crippen molar-refractivity contribution in [3.05, 3.63) is 52.2 Å². The zero-order chi connectivity index (χ0) is 21.9. The van der Waals surface area contributed by atoms with Crippen LogP contribution < -0.4 is 0 Å². The number of ketones is 1. The summed E-state index contributed by atoms with van der Waals surface area (Å²) in [4.78, 5) is 26.0. The van der Waals surface area contributed by atoms with Crippen molar-refractivity contribution >= 4 is 33.1 Å². The van der Waals surface area contributed by atoms with Gasteiger partial charge in [-0.2, -0.15) is 17.5 Å². The Labute approximate surface area is 176 Å². The number of rotatable bonds is 6. The molecule has 0 unspecified atom stereocenters. The number of thiophene rings is 1. The Hall–Kier alpha value is -2.24. The number of Topliss-reactive ketones (excluding diaryl/α,β-unsaturated/α-hetero) is 1. The van der Waals surface area contributed by atoms with E-state index in [-0.39, 0.29) is 50.7 Å². The van der Waals surface area contributed by atoms with Gasteiger partial charge in [0.05, 0.1) is 15.3 Å². The predicted octanol–water partition coefficient (Wildman–Crippen LogP) is 3.26. The largest absolute Gasteiger partial charge is 0.416 e. The number of sulfonamides is 1. The zero-order valence-corrected chi connectivity index (χ0v) is 17.4. The molecule has 11 heteroatoms. The molecule has 0 spiro atoms. The summed E-state index contributed by atoms with van der Waals surface area (Å²) in [5.41, 5.74) is -1.03. The van der Waals surface area contributed by atoms with Gasteiger partial charge in [0.2, 0.25) is 15.9 Å². The molecule has 6 nitrogen and oxygen atoms in total. The van der Waals surface area contributed by atoms with Crippen molar-refractivity contribution in [3.63, 3.8) is 0 Å². The van der Waals surface area contributed by atoms with Crippen molar-refractivity contribution in [3.8, 4) is 0 Å². The molecule has 2 heterocycles. The van der Waals surface area contributed by atoms with E-state index in [4.69, 9.17) is 0 Å². The van der Waals surface area contributed by atoms with Gasteiger partial charge in [-0.3, -0.25) is 9.59 Å². The average Bonchev–Trinajstić information content (AvgIpc) is 3.26. The number of hydrogen-bond acceptors (Lipinski definition) is 5. The number of carbonyl (C=O) groups is 2. The fourth-order valence-corrected chi connectivity index (χ4v) is 5.26. The van der Waals surface area contributed by atoms with Gasteiger partial charge in [-0.05, 0) is 29.6 Å². The van der Waals surface area contributed by atoms with E-state index in [1.165, 1.54) is 16.2 Å². The SMILES string of the molecule is O=C(CCC(=O)N1CCN(S(=O)(=O)c2cccc(C(F)(F)F)c2)CC1)c1cccs1. The molecule has 1 aliphatic heterocycles. The van der Waals surface area contributed by atoms with Crippen molar-refractivity contribution in [1.29, 1.82) is 0 Å². The molecule has 0 radical (unpaired) electrons. The molecular formula is C19H19F3N2O4S2. The van der Waals surface area contributed by atoms with E-state index in [0.29, 0.717) is 10.9 Å². The molecule has 30 heavy (non-hydrogen) atoms. The van der Waals surface area contributed by atoms with Crippen LogP contribution in [0.5, 0.6) is 0 Å². The minimum Gasteiger partial charge on any atom is -0.340 e. The van der Waals surface area contributed by atoms with E-state index in [9.17, 15) is 31.2 Å². The van der Waals surface area contributed by atoms with Crippen LogP contribution in [0.15, 0.2) is 46.7 Å². The maximum Gasteiger partial charge on any atom is 0.416 e. The maximum atomic E-state index is 12.9. The summed E-state index contributed by atoms with van der Waals surface area (Å²) in [5, 5.41) is 1.78. The smallest absolute Gasteiger partial charge is 0.340 e. The molecule has 1 aromatic heterocycles. The quantitative estimate of drug-likeness (QED) is 0.621. The third-order valence-corrected chi connectivity index (χ3v) is 7.56. The first-order valence-corrected chi connectivity index (χ1v) is 11.4. The van der Waals surface area contributed by atoms with E-state index in [2.05, 4.69) is 0 Å². The summed E-state index contributed by atoms with van der Waals surface area (Å²) in [5.74, 6) is -0.375. The predicted molar refractivity (Wildman–Crippen MR) is 105 cm³/mol. The topological polar surface area (TPSA) is 74.8 Å². The van der Waals surface area contributed by atoms with Gasteiger partial charge < -0.3 is 4.90 Å². The second-order valence-corrected chi connectivity index (χ2v) is 9.60. The molecule has 1 amide bonds. The Bertz CT molecular complexity index is 1010. The lowest BCUT2D eigenvalue weighted by molar-refractivity contribution is -0.137. The number of hydrogen-bond donors (Lipinski definition) is 0. The van der Waals surface area contributed by atoms with Crippen LogP contribution in [0.25, 0.3) is 0 Å². The fourth-order valence-electron chi connectivity index (χ4n) is 3.10. The second kappa shape index (κ2) is 8.86. The first-order chi connectivity index (χ1) is 14.1. The van der Waals surface area contributed by atoms with Crippen LogP contribution in [-0.4, -0.2) is 55.5 Å². The van der Waals surface area contributed by atoms with Gasteiger partial charge in [0, 0.05) is 39.0 Å². The molecule has 0 bridgehead atoms. The molecule has 1 aliphatic rings. The molecule has 1 aromatic carbocycles. The standard InChI is InChI=1S/C19H19F3N2O4S2/c20-19(21,22)14-3-1-4-15(13-14)30(27,28)24-10-8-23(9-11-24)18(26)7-6-16(25)17-5-2-12-29-17/h1-5,12-13H,6-11H2. The summed E-state index contributed by atoms with van der Waals surface area (Å²) < 4.78 is 65.1. The van der Waals surface area contributed by atoms with Crippen molar-refractivity contribution in [1.82, 2.24) is 9.21 Å². The van der Waals surface area contributed by atoms with E-state index in [0.717, 1.165) is 22.5 Å². The van der Waals surface area contributed by atoms with Crippen molar-refractivity contribution in [2.24, 2.45) is 0 Å². The molecule has 1 saturated heterocycles. The van der Waals surface area contributed by atoms with Gasteiger partial charge in [-0.25, -0.2) is 8.42 Å². The van der Waals surface area contributed by atoms with Crippen LogP contribution in [-0.2, 0) is 21.0 Å². The third-order valence-electron chi connectivity index (χ3n) is 4.75. The van der Waals surface area contributed by atoms with E-state index >= 15 is 0 Å². The Balaban J connectivity index is 1.58. The summed E-state index contributed by atoms with van der Waals surface area (Å²) >= 11 is 1.30. The van der Waals surface area contributed by atoms with Crippen LogP contribution in [0.3, 0.4) is 0 Å². The minimum atomic E-state index is -4.64. The monoisotopic (exact) mass is 460 g/mol. The lowest BCUT2D eigenvalue weighted by atomic mass is 10.1. The summed E-state index contributed by atoms with van der Waals surface area (Å²) in [6.07, 6.45) is -4.55. The Morgan fingerprint density at radius 2 is 1.70 bits per heavy atom.